The molecule has 3 aromatic rings. The molecule has 1 aromatic carbocycles. The van der Waals surface area contributed by atoms with Gasteiger partial charge in [0.2, 0.25) is 0 Å². The SMILES string of the molecule is CCCCc1ncc(C=C(Cc2cccs2)C(=O)O)n1Cc1c(F)cccc1Cl. The van der Waals surface area contributed by atoms with Crippen LogP contribution in [0, 0.1) is 5.82 Å². The summed E-state index contributed by atoms with van der Waals surface area (Å²) >= 11 is 7.74. The lowest BCUT2D eigenvalue weighted by Gasteiger charge is -2.13. The van der Waals surface area contributed by atoms with Crippen LogP contribution < -0.4 is 0 Å². The zero-order valence-electron chi connectivity index (χ0n) is 16.1. The fourth-order valence-corrected chi connectivity index (χ4v) is 4.02. The fourth-order valence-electron chi connectivity index (χ4n) is 3.07. The van der Waals surface area contributed by atoms with Crippen LogP contribution in [0.1, 0.15) is 41.7 Å². The molecule has 0 aliphatic carbocycles. The Labute approximate surface area is 178 Å². The van der Waals surface area contributed by atoms with E-state index in [4.69, 9.17) is 11.6 Å². The van der Waals surface area contributed by atoms with Gasteiger partial charge < -0.3 is 9.67 Å². The van der Waals surface area contributed by atoms with Gasteiger partial charge in [0.05, 0.1) is 18.4 Å². The van der Waals surface area contributed by atoms with Crippen LogP contribution in [0.15, 0.2) is 47.5 Å². The van der Waals surface area contributed by atoms with Crippen LogP contribution in [0.2, 0.25) is 5.02 Å². The van der Waals surface area contributed by atoms with Crippen molar-refractivity contribution in [2.45, 2.75) is 39.2 Å². The largest absolute Gasteiger partial charge is 0.478 e. The van der Waals surface area contributed by atoms with Crippen LogP contribution in [-0.4, -0.2) is 20.6 Å². The first-order valence-electron chi connectivity index (χ1n) is 9.43. The Morgan fingerprint density at radius 1 is 1.34 bits per heavy atom. The molecule has 2 heterocycles. The predicted molar refractivity (Wildman–Crippen MR) is 115 cm³/mol. The van der Waals surface area contributed by atoms with Crippen LogP contribution in [0.25, 0.3) is 6.08 Å². The molecule has 0 aliphatic heterocycles. The van der Waals surface area contributed by atoms with Crippen molar-refractivity contribution < 1.29 is 14.3 Å². The third kappa shape index (κ3) is 5.34. The Hall–Kier alpha value is -2.44. The Kier molecular flexibility index (Phi) is 7.23. The standard InChI is InChI=1S/C22H22ClFN2O2S/c1-2-3-9-21-25-13-16(11-15(22(27)28)12-17-6-5-10-29-17)26(21)14-18-19(23)7-4-8-20(18)24/h4-8,10-11,13H,2-3,9,12,14H2,1H3,(H,27,28). The number of halogens is 2. The van der Waals surface area contributed by atoms with E-state index >= 15 is 0 Å². The highest BCUT2D eigenvalue weighted by molar-refractivity contribution is 7.09. The van der Waals surface area contributed by atoms with Gasteiger partial charge >= 0.3 is 5.97 Å². The molecule has 1 N–H and O–H groups in total. The number of aryl methyl sites for hydroxylation is 1. The number of hydrogen-bond acceptors (Lipinski definition) is 3. The van der Waals surface area contributed by atoms with Crippen molar-refractivity contribution in [3.05, 3.63) is 80.3 Å². The first-order valence-corrected chi connectivity index (χ1v) is 10.7. The van der Waals surface area contributed by atoms with E-state index < -0.39 is 5.97 Å². The number of unbranched alkanes of at least 4 members (excludes halogenated alkanes) is 1. The minimum absolute atomic E-state index is 0.197. The average Bonchev–Trinajstić information content (AvgIpc) is 3.33. The predicted octanol–water partition coefficient (Wildman–Crippen LogP) is 5.84. The van der Waals surface area contributed by atoms with Crippen molar-refractivity contribution in [1.29, 1.82) is 0 Å². The molecule has 0 spiro atoms. The molecule has 0 fully saturated rings. The zero-order valence-corrected chi connectivity index (χ0v) is 17.6. The number of rotatable bonds is 9. The van der Waals surface area contributed by atoms with Crippen LogP contribution in [-0.2, 0) is 24.2 Å². The van der Waals surface area contributed by atoms with Gasteiger partial charge in [-0.2, -0.15) is 0 Å². The van der Waals surface area contributed by atoms with Crippen molar-refractivity contribution in [2.24, 2.45) is 0 Å². The number of imidazole rings is 1. The zero-order chi connectivity index (χ0) is 20.8. The van der Waals surface area contributed by atoms with Crippen molar-refractivity contribution in [3.63, 3.8) is 0 Å². The number of hydrogen-bond donors (Lipinski definition) is 1. The first kappa shape index (κ1) is 21.3. The summed E-state index contributed by atoms with van der Waals surface area (Å²) in [5.41, 5.74) is 1.26. The van der Waals surface area contributed by atoms with E-state index in [9.17, 15) is 14.3 Å². The molecule has 3 rings (SSSR count). The lowest BCUT2D eigenvalue weighted by atomic mass is 10.1. The molecule has 0 unspecified atom stereocenters. The molecule has 4 nitrogen and oxygen atoms in total. The summed E-state index contributed by atoms with van der Waals surface area (Å²) in [6, 6.07) is 8.39. The van der Waals surface area contributed by atoms with Gasteiger partial charge in [-0.15, -0.1) is 11.3 Å². The third-order valence-electron chi connectivity index (χ3n) is 4.64. The highest BCUT2D eigenvalue weighted by Gasteiger charge is 2.16. The van der Waals surface area contributed by atoms with Crippen molar-refractivity contribution in [1.82, 2.24) is 9.55 Å². The van der Waals surface area contributed by atoms with Gasteiger partial charge in [-0.25, -0.2) is 14.2 Å². The number of carboxylic acid groups (broad SMARTS) is 1. The number of aliphatic carboxylic acids is 1. The Morgan fingerprint density at radius 3 is 2.83 bits per heavy atom. The van der Waals surface area contributed by atoms with E-state index in [0.29, 0.717) is 22.7 Å². The minimum Gasteiger partial charge on any atom is -0.478 e. The maximum absolute atomic E-state index is 14.4. The maximum atomic E-state index is 14.4. The van der Waals surface area contributed by atoms with E-state index in [1.165, 1.54) is 17.4 Å². The topological polar surface area (TPSA) is 55.1 Å². The first-order chi connectivity index (χ1) is 14.0. The van der Waals surface area contributed by atoms with Gasteiger partial charge in [0.15, 0.2) is 0 Å². The summed E-state index contributed by atoms with van der Waals surface area (Å²) in [5.74, 6) is -0.580. The summed E-state index contributed by atoms with van der Waals surface area (Å²) in [5, 5.41) is 11.9. The maximum Gasteiger partial charge on any atom is 0.332 e. The molecule has 0 saturated carbocycles. The molecule has 2 aromatic heterocycles. The molecular formula is C22H22ClFN2O2S. The summed E-state index contributed by atoms with van der Waals surface area (Å²) < 4.78 is 16.2. The van der Waals surface area contributed by atoms with Gasteiger partial charge in [-0.05, 0) is 36.1 Å². The molecule has 152 valence electrons. The average molecular weight is 433 g/mol. The van der Waals surface area contributed by atoms with E-state index in [2.05, 4.69) is 11.9 Å². The third-order valence-corrected chi connectivity index (χ3v) is 5.87. The van der Waals surface area contributed by atoms with Gasteiger partial charge in [-0.1, -0.05) is 37.1 Å². The molecular weight excluding hydrogens is 411 g/mol. The van der Waals surface area contributed by atoms with Crippen LogP contribution in [0.5, 0.6) is 0 Å². The second kappa shape index (κ2) is 9.85. The number of nitrogens with zero attached hydrogens (tertiary/aromatic N) is 2. The van der Waals surface area contributed by atoms with Gasteiger partial charge in [0.25, 0.3) is 0 Å². The number of benzene rings is 1. The smallest absolute Gasteiger partial charge is 0.332 e. The van der Waals surface area contributed by atoms with Gasteiger partial charge in [0, 0.05) is 33.9 Å². The highest BCUT2D eigenvalue weighted by Crippen LogP contribution is 2.24. The normalized spacial score (nSPS) is 11.8. The Morgan fingerprint density at radius 2 is 2.17 bits per heavy atom. The molecule has 0 radical (unpaired) electrons. The van der Waals surface area contributed by atoms with Gasteiger partial charge in [0.1, 0.15) is 11.6 Å². The van der Waals surface area contributed by atoms with Crippen LogP contribution >= 0.6 is 22.9 Å². The molecule has 29 heavy (non-hydrogen) atoms. The van der Waals surface area contributed by atoms with E-state index in [0.717, 1.165) is 30.0 Å². The van der Waals surface area contributed by atoms with E-state index in [-0.39, 0.29) is 17.9 Å². The second-order valence-corrected chi connectivity index (χ2v) is 8.16. The lowest BCUT2D eigenvalue weighted by Crippen LogP contribution is -2.10. The Balaban J connectivity index is 2.01. The van der Waals surface area contributed by atoms with Crippen LogP contribution in [0.4, 0.5) is 4.39 Å². The summed E-state index contributed by atoms with van der Waals surface area (Å²) in [6.07, 6.45) is 6.26. The molecule has 0 atom stereocenters. The highest BCUT2D eigenvalue weighted by atomic mass is 35.5. The number of carboxylic acids is 1. The molecule has 7 heteroatoms. The summed E-state index contributed by atoms with van der Waals surface area (Å²) in [4.78, 5) is 17.3. The van der Waals surface area contributed by atoms with E-state index in [1.54, 1.807) is 24.4 Å². The minimum atomic E-state index is -0.981. The van der Waals surface area contributed by atoms with Crippen molar-refractivity contribution in [2.75, 3.05) is 0 Å². The molecule has 0 aliphatic rings. The van der Waals surface area contributed by atoms with Crippen molar-refractivity contribution in [3.8, 4) is 0 Å². The molecule has 0 amide bonds. The number of aromatic nitrogens is 2. The number of carbonyl (C=O) groups is 1. The van der Waals surface area contributed by atoms with Gasteiger partial charge in [-0.3, -0.25) is 0 Å². The summed E-state index contributed by atoms with van der Waals surface area (Å²) in [7, 11) is 0. The lowest BCUT2D eigenvalue weighted by molar-refractivity contribution is -0.132. The van der Waals surface area contributed by atoms with Crippen LogP contribution in [0.3, 0.4) is 0 Å². The number of thiophene rings is 1. The monoisotopic (exact) mass is 432 g/mol. The summed E-state index contributed by atoms with van der Waals surface area (Å²) in [6.45, 7) is 2.29. The fraction of sp³-hybridized carbons (Fsp3) is 0.273. The quantitative estimate of drug-likeness (QED) is 0.432. The molecule has 0 bridgehead atoms. The Bertz CT molecular complexity index is 992. The second-order valence-electron chi connectivity index (χ2n) is 6.72. The molecule has 0 saturated heterocycles. The van der Waals surface area contributed by atoms with Crippen molar-refractivity contribution >= 4 is 35.0 Å². The van der Waals surface area contributed by atoms with E-state index in [1.807, 2.05) is 22.1 Å².